The van der Waals surface area contributed by atoms with Gasteiger partial charge in [0.1, 0.15) is 5.75 Å². The van der Waals surface area contributed by atoms with Crippen LogP contribution in [0.1, 0.15) is 25.0 Å². The number of phenols is 1. The number of anilines is 1. The Hall–Kier alpha value is -1.96. The standard InChI is InChI=1S/C15H17NO/c1-15(2,11-7-4-3-5-8-11)12-9-6-10-13(16)14(12)17/h3-10,17H,16H2,1-2H3. The van der Waals surface area contributed by atoms with Crippen LogP contribution in [0.3, 0.4) is 0 Å². The highest BCUT2D eigenvalue weighted by Crippen LogP contribution is 2.38. The van der Waals surface area contributed by atoms with Gasteiger partial charge in [0.2, 0.25) is 0 Å². The number of benzene rings is 2. The van der Waals surface area contributed by atoms with E-state index in [1.54, 1.807) is 6.07 Å². The molecule has 88 valence electrons. The van der Waals surface area contributed by atoms with Crippen LogP contribution in [-0.4, -0.2) is 5.11 Å². The summed E-state index contributed by atoms with van der Waals surface area (Å²) in [6, 6.07) is 15.6. The molecule has 0 aliphatic rings. The third-order valence-corrected chi connectivity index (χ3v) is 3.24. The number of nitrogens with two attached hydrogens (primary N) is 1. The second-order valence-electron chi connectivity index (χ2n) is 4.73. The Morgan fingerprint density at radius 1 is 0.941 bits per heavy atom. The van der Waals surface area contributed by atoms with Crippen molar-refractivity contribution in [3.63, 3.8) is 0 Å². The molecule has 3 N–H and O–H groups in total. The summed E-state index contributed by atoms with van der Waals surface area (Å²) in [7, 11) is 0. The fraction of sp³-hybridized carbons (Fsp3) is 0.200. The van der Waals surface area contributed by atoms with Gasteiger partial charge in [-0.25, -0.2) is 0 Å². The van der Waals surface area contributed by atoms with Crippen molar-refractivity contribution in [2.24, 2.45) is 0 Å². The summed E-state index contributed by atoms with van der Waals surface area (Å²) in [5.74, 6) is 0.182. The molecule has 0 atom stereocenters. The molecule has 0 unspecified atom stereocenters. The van der Waals surface area contributed by atoms with Gasteiger partial charge in [0.05, 0.1) is 5.69 Å². The number of hydrogen-bond acceptors (Lipinski definition) is 2. The predicted molar refractivity (Wildman–Crippen MR) is 71.1 cm³/mol. The number of aromatic hydroxyl groups is 1. The lowest BCUT2D eigenvalue weighted by atomic mass is 9.77. The molecule has 0 saturated carbocycles. The Labute approximate surface area is 102 Å². The van der Waals surface area contributed by atoms with Crippen LogP contribution >= 0.6 is 0 Å². The maximum atomic E-state index is 10.1. The smallest absolute Gasteiger partial charge is 0.142 e. The average Bonchev–Trinajstić information content (AvgIpc) is 2.33. The molecule has 0 spiro atoms. The molecule has 2 heteroatoms. The lowest BCUT2D eigenvalue weighted by Gasteiger charge is -2.27. The molecule has 0 radical (unpaired) electrons. The summed E-state index contributed by atoms with van der Waals surface area (Å²) >= 11 is 0. The number of rotatable bonds is 2. The molecule has 0 heterocycles. The molecule has 0 fully saturated rings. The maximum Gasteiger partial charge on any atom is 0.142 e. The topological polar surface area (TPSA) is 46.2 Å². The van der Waals surface area contributed by atoms with Crippen LogP contribution in [0.15, 0.2) is 48.5 Å². The second kappa shape index (κ2) is 4.13. The summed E-state index contributed by atoms with van der Waals surface area (Å²) in [6.07, 6.45) is 0. The Morgan fingerprint density at radius 2 is 1.59 bits per heavy atom. The Kier molecular flexibility index (Phi) is 2.80. The zero-order chi connectivity index (χ0) is 12.5. The highest BCUT2D eigenvalue weighted by Gasteiger charge is 2.26. The van der Waals surface area contributed by atoms with Crippen molar-refractivity contribution in [3.05, 3.63) is 59.7 Å². The van der Waals surface area contributed by atoms with Gasteiger partial charge < -0.3 is 10.8 Å². The van der Waals surface area contributed by atoms with Gasteiger partial charge in [-0.15, -0.1) is 0 Å². The van der Waals surface area contributed by atoms with E-state index >= 15 is 0 Å². The van der Waals surface area contributed by atoms with E-state index in [0.29, 0.717) is 5.69 Å². The molecule has 0 aliphatic carbocycles. The fourth-order valence-electron chi connectivity index (χ4n) is 2.08. The van der Waals surface area contributed by atoms with Crippen LogP contribution in [0.4, 0.5) is 5.69 Å². The summed E-state index contributed by atoms with van der Waals surface area (Å²) < 4.78 is 0. The minimum Gasteiger partial charge on any atom is -0.505 e. The first-order valence-corrected chi connectivity index (χ1v) is 5.67. The van der Waals surface area contributed by atoms with E-state index in [4.69, 9.17) is 5.73 Å². The summed E-state index contributed by atoms with van der Waals surface area (Å²) in [5, 5.41) is 10.1. The molecule has 2 nitrogen and oxygen atoms in total. The Morgan fingerprint density at radius 3 is 2.24 bits per heavy atom. The van der Waals surface area contributed by atoms with Gasteiger partial charge in [-0.3, -0.25) is 0 Å². The lowest BCUT2D eigenvalue weighted by Crippen LogP contribution is -2.19. The van der Waals surface area contributed by atoms with E-state index in [0.717, 1.165) is 11.1 Å². The molecule has 2 rings (SSSR count). The SMILES string of the molecule is CC(C)(c1ccccc1)c1cccc(N)c1O. The van der Waals surface area contributed by atoms with Crippen molar-refractivity contribution >= 4 is 5.69 Å². The van der Waals surface area contributed by atoms with Crippen molar-refractivity contribution in [1.82, 2.24) is 0 Å². The van der Waals surface area contributed by atoms with Crippen LogP contribution < -0.4 is 5.73 Å². The highest BCUT2D eigenvalue weighted by atomic mass is 16.3. The monoisotopic (exact) mass is 227 g/mol. The molecule has 0 saturated heterocycles. The third-order valence-electron chi connectivity index (χ3n) is 3.24. The van der Waals surface area contributed by atoms with Crippen molar-refractivity contribution in [2.75, 3.05) is 5.73 Å². The molecule has 0 aromatic heterocycles. The minimum absolute atomic E-state index is 0.182. The zero-order valence-corrected chi connectivity index (χ0v) is 10.1. The Balaban J connectivity index is 2.56. The zero-order valence-electron chi connectivity index (χ0n) is 10.1. The average molecular weight is 227 g/mol. The quantitative estimate of drug-likeness (QED) is 0.610. The van der Waals surface area contributed by atoms with Gasteiger partial charge in [0.25, 0.3) is 0 Å². The van der Waals surface area contributed by atoms with E-state index in [-0.39, 0.29) is 11.2 Å². The third kappa shape index (κ3) is 1.98. The summed E-state index contributed by atoms with van der Waals surface area (Å²) in [6.45, 7) is 4.16. The normalized spacial score (nSPS) is 11.4. The predicted octanol–water partition coefficient (Wildman–Crippen LogP) is 3.30. The van der Waals surface area contributed by atoms with Gasteiger partial charge in [-0.2, -0.15) is 0 Å². The van der Waals surface area contributed by atoms with E-state index in [9.17, 15) is 5.11 Å². The highest BCUT2D eigenvalue weighted by molar-refractivity contribution is 5.59. The lowest BCUT2D eigenvalue weighted by molar-refractivity contribution is 0.456. The van der Waals surface area contributed by atoms with Gasteiger partial charge in [-0.05, 0) is 11.6 Å². The number of nitrogen functional groups attached to an aromatic ring is 1. The van der Waals surface area contributed by atoms with Crippen LogP contribution in [0.25, 0.3) is 0 Å². The maximum absolute atomic E-state index is 10.1. The van der Waals surface area contributed by atoms with Crippen molar-refractivity contribution in [3.8, 4) is 5.75 Å². The molecule has 0 bridgehead atoms. The molecule has 0 amide bonds. The second-order valence-corrected chi connectivity index (χ2v) is 4.73. The molecule has 2 aromatic rings. The van der Waals surface area contributed by atoms with Crippen molar-refractivity contribution < 1.29 is 5.11 Å². The Bertz CT molecular complexity index is 518. The van der Waals surface area contributed by atoms with Crippen LogP contribution in [0.5, 0.6) is 5.75 Å². The van der Waals surface area contributed by atoms with Crippen LogP contribution in [0, 0.1) is 0 Å². The van der Waals surface area contributed by atoms with Crippen molar-refractivity contribution in [2.45, 2.75) is 19.3 Å². The van der Waals surface area contributed by atoms with E-state index < -0.39 is 0 Å². The molecular weight excluding hydrogens is 210 g/mol. The van der Waals surface area contributed by atoms with Crippen LogP contribution in [0.2, 0.25) is 0 Å². The number of para-hydroxylation sites is 1. The van der Waals surface area contributed by atoms with Crippen molar-refractivity contribution in [1.29, 1.82) is 0 Å². The largest absolute Gasteiger partial charge is 0.505 e. The summed E-state index contributed by atoms with van der Waals surface area (Å²) in [5.41, 5.74) is 7.91. The first-order valence-electron chi connectivity index (χ1n) is 5.67. The summed E-state index contributed by atoms with van der Waals surface area (Å²) in [4.78, 5) is 0. The van der Waals surface area contributed by atoms with E-state index in [1.165, 1.54) is 0 Å². The van der Waals surface area contributed by atoms with Gasteiger partial charge in [-0.1, -0.05) is 56.3 Å². The molecule has 2 aromatic carbocycles. The molecule has 17 heavy (non-hydrogen) atoms. The molecule has 0 aliphatic heterocycles. The first-order chi connectivity index (χ1) is 8.03. The molecular formula is C15H17NO. The number of hydrogen-bond donors (Lipinski definition) is 2. The minimum atomic E-state index is -0.263. The first kappa shape index (κ1) is 11.5. The van der Waals surface area contributed by atoms with E-state index in [2.05, 4.69) is 26.0 Å². The van der Waals surface area contributed by atoms with Gasteiger partial charge in [0, 0.05) is 11.0 Å². The van der Waals surface area contributed by atoms with E-state index in [1.807, 2.05) is 30.3 Å². The van der Waals surface area contributed by atoms with Crippen LogP contribution in [-0.2, 0) is 5.41 Å². The van der Waals surface area contributed by atoms with Gasteiger partial charge >= 0.3 is 0 Å². The fourth-order valence-corrected chi connectivity index (χ4v) is 2.08. The number of phenolic OH excluding ortho intramolecular Hbond substituents is 1. The van der Waals surface area contributed by atoms with Gasteiger partial charge in [0.15, 0.2) is 0 Å².